The van der Waals surface area contributed by atoms with Crippen LogP contribution in [0.1, 0.15) is 110 Å². The average molecular weight is 1360 g/mol. The van der Waals surface area contributed by atoms with Gasteiger partial charge in [-0.3, -0.25) is 33.1 Å². The van der Waals surface area contributed by atoms with E-state index in [1.54, 1.807) is 82.0 Å². The zero-order chi connectivity index (χ0) is 59.3. The molecule has 21 nitrogen and oxygen atoms in total. The number of carbonyl (C=O) groups excluding carboxylic acids is 3. The Bertz CT molecular complexity index is 3700. The summed E-state index contributed by atoms with van der Waals surface area (Å²) in [6.07, 6.45) is 11.9. The first-order chi connectivity index (χ1) is 38.8. The normalized spacial score (nSPS) is 16.4. The minimum absolute atomic E-state index is 0. The van der Waals surface area contributed by atoms with Crippen molar-refractivity contribution in [1.82, 2.24) is 68.0 Å². The number of hydrogen-bond donors (Lipinski definition) is 0. The molecular formula is C55H66BCl2F2IK2N14O7. The van der Waals surface area contributed by atoms with Gasteiger partial charge in [-0.25, -0.2) is 18.7 Å². The molecule has 3 fully saturated rings. The van der Waals surface area contributed by atoms with Gasteiger partial charge in [0.05, 0.1) is 87.0 Å². The minimum Gasteiger partial charge on any atom is -1.00 e. The van der Waals surface area contributed by atoms with Crippen molar-refractivity contribution in [3.63, 3.8) is 0 Å². The Labute approximate surface area is 596 Å². The Morgan fingerprint density at radius 3 is 1.61 bits per heavy atom. The molecule has 0 spiro atoms. The van der Waals surface area contributed by atoms with Crippen LogP contribution in [-0.2, 0) is 82.9 Å². The Balaban J connectivity index is 0.000000196. The van der Waals surface area contributed by atoms with E-state index < -0.39 is 18.3 Å². The summed E-state index contributed by atoms with van der Waals surface area (Å²) in [6.45, 7) is 16.8. The number of amides is 2. The molecule has 438 valence electrons. The molecule has 0 unspecified atom stereocenters. The number of carbonyl (C=O) groups is 3. The maximum absolute atomic E-state index is 16.2. The molecule has 6 aromatic heterocycles. The summed E-state index contributed by atoms with van der Waals surface area (Å²) >= 11 is 12.4. The van der Waals surface area contributed by atoms with Crippen molar-refractivity contribution in [2.24, 2.45) is 28.2 Å². The molecule has 2 amide bonds. The van der Waals surface area contributed by atoms with Crippen molar-refractivity contribution in [3.05, 3.63) is 87.4 Å². The van der Waals surface area contributed by atoms with Gasteiger partial charge in [0.25, 0.3) is 6.47 Å². The van der Waals surface area contributed by atoms with Crippen molar-refractivity contribution in [2.45, 2.75) is 128 Å². The molecule has 0 bridgehead atoms. The van der Waals surface area contributed by atoms with E-state index >= 15 is 8.78 Å². The second-order valence-electron chi connectivity index (χ2n) is 21.9. The van der Waals surface area contributed by atoms with E-state index in [0.717, 1.165) is 58.8 Å². The maximum atomic E-state index is 16.2. The van der Waals surface area contributed by atoms with Crippen LogP contribution in [0.2, 0.25) is 0 Å². The summed E-state index contributed by atoms with van der Waals surface area (Å²) in [5, 5.41) is 26.7. The van der Waals surface area contributed by atoms with Crippen LogP contribution >= 0.6 is 45.8 Å². The number of aryl methyl sites for hydroxylation is 4. The van der Waals surface area contributed by atoms with Gasteiger partial charge < -0.3 is 39.8 Å². The molecule has 2 saturated carbocycles. The fraction of sp³-hybridized carbons (Fsp3) is 0.473. The number of rotatable bonds is 7. The fourth-order valence-corrected chi connectivity index (χ4v) is 11.1. The third-order valence-corrected chi connectivity index (χ3v) is 16.3. The van der Waals surface area contributed by atoms with Crippen molar-refractivity contribution < 1.29 is 147 Å². The largest absolute Gasteiger partial charge is 1.00 e. The number of imidazole rings is 2. The predicted octanol–water partition coefficient (Wildman–Crippen LogP) is 1.72. The number of hydrogen-bond acceptors (Lipinski definition) is 13. The first-order valence-electron chi connectivity index (χ1n) is 26.8. The van der Waals surface area contributed by atoms with Crippen LogP contribution in [0.4, 0.5) is 8.78 Å². The maximum Gasteiger partial charge on any atom is 1.00 e. The smallest absolute Gasteiger partial charge is 1.00 e. The standard InChI is InChI=1S/C23H24FN7O.C18H22BFN4O2.C11H14IN3O.C2H4Cl2.CH2O3.2K.H/c1-13(32)30-8-9-31-18(12-30)21(26-23(31)14-4-5-14)16-6-7-17-19(20(16)24)22(29(3)27-17)15-10-25-28(2)11-15;1-17(2)18(3,4)26-19(25-17)12-7-8-13-14(15(12)20)16(24(6)22-13)11-9-21-23(5)10-11;1-7(16)14-4-5-15-9(6-14)10(12)13-11(15)8-2-3-8;1-2(3)4;2-1-4-3;;;/h6-7,10-11,14H,4-5,8-9,12H2,1-3H3;7-10H,1-6H3;8H,2-6H2,1H3;2H,1H3;1,3H;;;/q;;;;;2*+1;-1/p-1. The zero-order valence-corrected chi connectivity index (χ0v) is 59.5. The number of benzene rings is 2. The first-order valence-corrected chi connectivity index (χ1v) is 28.8. The van der Waals surface area contributed by atoms with E-state index in [2.05, 4.69) is 62.0 Å². The summed E-state index contributed by atoms with van der Waals surface area (Å²) in [5.41, 5.74) is 6.73. The molecule has 13 rings (SSSR count). The summed E-state index contributed by atoms with van der Waals surface area (Å²) in [7, 11) is 6.52. The molecule has 8 aromatic rings. The third kappa shape index (κ3) is 14.7. The van der Waals surface area contributed by atoms with Gasteiger partial charge in [-0.2, -0.15) is 20.4 Å². The van der Waals surface area contributed by atoms with Gasteiger partial charge in [-0.05, 0) is 101 Å². The van der Waals surface area contributed by atoms with E-state index in [0.29, 0.717) is 81.4 Å². The van der Waals surface area contributed by atoms with E-state index in [-0.39, 0.29) is 139 Å². The predicted molar refractivity (Wildman–Crippen MR) is 313 cm³/mol. The molecule has 0 radical (unpaired) electrons. The van der Waals surface area contributed by atoms with Gasteiger partial charge in [0.2, 0.25) is 11.8 Å². The molecule has 29 heteroatoms. The van der Waals surface area contributed by atoms with Crippen LogP contribution in [0.5, 0.6) is 0 Å². The van der Waals surface area contributed by atoms with Gasteiger partial charge in [-0.1, -0.05) is 6.07 Å². The average Bonchev–Trinajstić information content (AvgIpc) is 2.01. The van der Waals surface area contributed by atoms with Gasteiger partial charge in [0.15, 0.2) is 0 Å². The molecule has 2 aliphatic carbocycles. The first kappa shape index (κ1) is 68.5. The summed E-state index contributed by atoms with van der Waals surface area (Å²) in [6, 6.07) is 7.12. The number of alkyl halides is 2. The Kier molecular flexibility index (Phi) is 23.0. The van der Waals surface area contributed by atoms with Gasteiger partial charge in [-0.15, -0.1) is 23.2 Å². The second kappa shape index (κ2) is 28.2. The molecule has 84 heavy (non-hydrogen) atoms. The summed E-state index contributed by atoms with van der Waals surface area (Å²) in [4.78, 5) is 47.8. The minimum atomic E-state index is -0.758. The summed E-state index contributed by atoms with van der Waals surface area (Å²) in [5.74, 6) is 2.88. The Morgan fingerprint density at radius 2 is 1.18 bits per heavy atom. The van der Waals surface area contributed by atoms with Crippen molar-refractivity contribution in [2.75, 3.05) is 13.1 Å². The van der Waals surface area contributed by atoms with Crippen LogP contribution in [0.3, 0.4) is 0 Å². The van der Waals surface area contributed by atoms with Gasteiger partial charge in [0.1, 0.15) is 31.8 Å². The molecular weight excluding hydrogens is 1290 g/mol. The molecule has 5 aliphatic rings. The van der Waals surface area contributed by atoms with Crippen LogP contribution in [0.25, 0.3) is 55.6 Å². The van der Waals surface area contributed by atoms with Gasteiger partial charge in [0, 0.05) is 115 Å². The van der Waals surface area contributed by atoms with E-state index in [1.807, 2.05) is 72.2 Å². The quantitative estimate of drug-likeness (QED) is 0.0556. The fourth-order valence-electron chi connectivity index (χ4n) is 10.4. The van der Waals surface area contributed by atoms with Gasteiger partial charge >= 0.3 is 110 Å². The molecule has 3 aliphatic heterocycles. The van der Waals surface area contributed by atoms with E-state index in [1.165, 1.54) is 24.4 Å². The summed E-state index contributed by atoms with van der Waals surface area (Å²) < 4.78 is 56.1. The Hall–Kier alpha value is -2.98. The topological polar surface area (TPSA) is 215 Å². The molecule has 0 N–H and O–H groups in total. The monoisotopic (exact) mass is 1360 g/mol. The van der Waals surface area contributed by atoms with Crippen molar-refractivity contribution in [3.8, 4) is 33.8 Å². The molecule has 2 aromatic carbocycles. The van der Waals surface area contributed by atoms with Crippen molar-refractivity contribution in [1.29, 1.82) is 0 Å². The third-order valence-electron chi connectivity index (χ3n) is 15.5. The van der Waals surface area contributed by atoms with Crippen LogP contribution in [-0.4, -0.2) is 123 Å². The second-order valence-corrected chi connectivity index (χ2v) is 24.5. The number of halogens is 5. The SMILES string of the molecule is CC(=O)N1CCn2c(C3CC3)nc(-c3ccc4nn(C)c(-c5cnn(C)c5)c4c3F)c2C1.CC(=O)N1CCn2c(C3CC3)nc(I)c2C1.CC(Cl)Cl.Cn1cc(-c2c3c(F)c(B4OC(C)(C)C(C)(C)O4)ccc3nn2C)cn1.O=CO[O-].[H-].[K+].[K+]. The molecule has 1 saturated heterocycles. The van der Waals surface area contributed by atoms with Crippen LogP contribution in [0.15, 0.2) is 49.1 Å². The van der Waals surface area contributed by atoms with Crippen LogP contribution < -0.4 is 113 Å². The molecule has 9 heterocycles. The molecule has 0 atom stereocenters. The number of fused-ring (bicyclic) bond motifs is 4. The van der Waals surface area contributed by atoms with Crippen LogP contribution in [0, 0.1) is 15.3 Å². The number of aromatic nitrogens is 12. The zero-order valence-electron chi connectivity index (χ0n) is 50.6. The Morgan fingerprint density at radius 1 is 0.750 bits per heavy atom. The van der Waals surface area contributed by atoms with E-state index in [9.17, 15) is 9.59 Å². The number of nitrogens with zero attached hydrogens (tertiary/aromatic N) is 14. The van der Waals surface area contributed by atoms with Crippen molar-refractivity contribution >= 4 is 98.5 Å². The van der Waals surface area contributed by atoms with E-state index in [4.69, 9.17) is 47.5 Å².